The standard InChI is InChI=1S/C18H10BrF3N4OS/c19-12-7-3-1-5-10(12)15-26-25-14(27-15)9-28-16-11-6-2-4-8-13(11)23-17(24-16)18(20,21)22/h1-8H,9H2. The van der Waals surface area contributed by atoms with Crippen LogP contribution in [0.4, 0.5) is 13.2 Å². The van der Waals surface area contributed by atoms with Crippen LogP contribution >= 0.6 is 27.7 Å². The Morgan fingerprint density at radius 3 is 2.50 bits per heavy atom. The molecule has 0 radical (unpaired) electrons. The molecule has 0 N–H and O–H groups in total. The Labute approximate surface area is 169 Å². The highest BCUT2D eigenvalue weighted by Gasteiger charge is 2.35. The van der Waals surface area contributed by atoms with E-state index in [9.17, 15) is 13.2 Å². The Hall–Kier alpha value is -2.46. The van der Waals surface area contributed by atoms with E-state index in [1.807, 2.05) is 24.3 Å². The average molecular weight is 467 g/mol. The normalized spacial score (nSPS) is 11.9. The first-order chi connectivity index (χ1) is 13.4. The second kappa shape index (κ2) is 7.51. The summed E-state index contributed by atoms with van der Waals surface area (Å²) in [6.07, 6.45) is -4.63. The van der Waals surface area contributed by atoms with Gasteiger partial charge >= 0.3 is 6.18 Å². The predicted molar refractivity (Wildman–Crippen MR) is 102 cm³/mol. The number of nitrogens with zero attached hydrogens (tertiary/aromatic N) is 4. The molecule has 2 aromatic heterocycles. The van der Waals surface area contributed by atoms with Gasteiger partial charge in [-0.2, -0.15) is 13.2 Å². The van der Waals surface area contributed by atoms with Gasteiger partial charge in [0.25, 0.3) is 0 Å². The van der Waals surface area contributed by atoms with E-state index >= 15 is 0 Å². The molecule has 2 aromatic carbocycles. The third-order valence-corrected chi connectivity index (χ3v) is 5.39. The highest BCUT2D eigenvalue weighted by molar-refractivity contribution is 9.10. The van der Waals surface area contributed by atoms with E-state index in [-0.39, 0.29) is 22.2 Å². The smallest absolute Gasteiger partial charge is 0.420 e. The first-order valence-corrected chi connectivity index (χ1v) is 9.74. The molecule has 28 heavy (non-hydrogen) atoms. The fourth-order valence-corrected chi connectivity index (χ4v) is 3.78. The van der Waals surface area contributed by atoms with Gasteiger partial charge in [0.1, 0.15) is 5.03 Å². The van der Waals surface area contributed by atoms with Crippen molar-refractivity contribution in [3.05, 3.63) is 64.7 Å². The van der Waals surface area contributed by atoms with Crippen LogP contribution in [0.5, 0.6) is 0 Å². The van der Waals surface area contributed by atoms with Gasteiger partial charge < -0.3 is 4.42 Å². The molecule has 0 aliphatic heterocycles. The van der Waals surface area contributed by atoms with Crippen molar-refractivity contribution >= 4 is 38.6 Å². The molecular formula is C18H10BrF3N4OS. The molecular weight excluding hydrogens is 457 g/mol. The lowest BCUT2D eigenvalue weighted by atomic mass is 10.2. The number of para-hydroxylation sites is 1. The molecule has 4 aromatic rings. The van der Waals surface area contributed by atoms with Gasteiger partial charge in [-0.1, -0.05) is 42.1 Å². The first kappa shape index (κ1) is 18.9. The molecule has 0 spiro atoms. The van der Waals surface area contributed by atoms with E-state index < -0.39 is 12.0 Å². The summed E-state index contributed by atoms with van der Waals surface area (Å²) in [6, 6.07) is 13.9. The predicted octanol–water partition coefficient (Wildman–Crippen LogP) is 5.75. The Balaban J connectivity index is 1.62. The third-order valence-electron chi connectivity index (χ3n) is 3.73. The van der Waals surface area contributed by atoms with Crippen LogP contribution in [0, 0.1) is 0 Å². The van der Waals surface area contributed by atoms with E-state index in [0.717, 1.165) is 21.8 Å². The summed E-state index contributed by atoms with van der Waals surface area (Å²) in [5.74, 6) is -0.387. The third kappa shape index (κ3) is 3.88. The summed E-state index contributed by atoms with van der Waals surface area (Å²) in [5.41, 5.74) is 0.963. The van der Waals surface area contributed by atoms with E-state index in [0.29, 0.717) is 11.3 Å². The minimum Gasteiger partial charge on any atom is -0.420 e. The van der Waals surface area contributed by atoms with Crippen molar-refractivity contribution in [2.45, 2.75) is 17.0 Å². The van der Waals surface area contributed by atoms with E-state index in [4.69, 9.17) is 4.42 Å². The number of hydrogen-bond acceptors (Lipinski definition) is 6. The molecule has 10 heteroatoms. The Morgan fingerprint density at radius 2 is 1.71 bits per heavy atom. The molecule has 0 amide bonds. The number of hydrogen-bond donors (Lipinski definition) is 0. The van der Waals surface area contributed by atoms with Crippen LogP contribution in [-0.4, -0.2) is 20.2 Å². The highest BCUT2D eigenvalue weighted by atomic mass is 79.9. The summed E-state index contributed by atoms with van der Waals surface area (Å²) in [7, 11) is 0. The lowest BCUT2D eigenvalue weighted by Crippen LogP contribution is -2.11. The van der Waals surface area contributed by atoms with Crippen molar-refractivity contribution in [1.29, 1.82) is 0 Å². The molecule has 0 aliphatic rings. The van der Waals surface area contributed by atoms with Crippen molar-refractivity contribution in [3.63, 3.8) is 0 Å². The van der Waals surface area contributed by atoms with Crippen LogP contribution in [0.15, 0.2) is 62.4 Å². The number of benzene rings is 2. The number of alkyl halides is 3. The van der Waals surface area contributed by atoms with Gasteiger partial charge in [0.05, 0.1) is 16.8 Å². The Kier molecular flexibility index (Phi) is 5.07. The SMILES string of the molecule is FC(F)(F)c1nc(SCc2nnc(-c3ccccc3Br)o2)c2ccccc2n1. The second-order valence-corrected chi connectivity index (χ2v) is 7.46. The zero-order valence-electron chi connectivity index (χ0n) is 13.9. The highest BCUT2D eigenvalue weighted by Crippen LogP contribution is 2.34. The zero-order valence-corrected chi connectivity index (χ0v) is 16.3. The molecule has 0 atom stereocenters. The maximum atomic E-state index is 13.1. The van der Waals surface area contributed by atoms with Crippen molar-refractivity contribution in [1.82, 2.24) is 20.2 Å². The number of fused-ring (bicyclic) bond motifs is 1. The van der Waals surface area contributed by atoms with Crippen molar-refractivity contribution in [2.24, 2.45) is 0 Å². The van der Waals surface area contributed by atoms with Crippen LogP contribution < -0.4 is 0 Å². The number of rotatable bonds is 4. The molecule has 0 saturated heterocycles. The van der Waals surface area contributed by atoms with Gasteiger partial charge in [-0.3, -0.25) is 0 Å². The van der Waals surface area contributed by atoms with Crippen molar-refractivity contribution in [3.8, 4) is 11.5 Å². The van der Waals surface area contributed by atoms with Crippen LogP contribution in [0.25, 0.3) is 22.4 Å². The molecule has 0 unspecified atom stereocenters. The summed E-state index contributed by atoms with van der Waals surface area (Å²) in [6.45, 7) is 0. The van der Waals surface area contributed by atoms with Crippen LogP contribution in [0.1, 0.15) is 11.7 Å². The molecule has 0 fully saturated rings. The van der Waals surface area contributed by atoms with Gasteiger partial charge in [0.2, 0.25) is 17.6 Å². The quantitative estimate of drug-likeness (QED) is 0.281. The van der Waals surface area contributed by atoms with E-state index in [1.165, 1.54) is 6.07 Å². The van der Waals surface area contributed by atoms with E-state index in [2.05, 4.69) is 36.1 Å². The van der Waals surface area contributed by atoms with Crippen LogP contribution in [-0.2, 0) is 11.9 Å². The molecule has 2 heterocycles. The summed E-state index contributed by atoms with van der Waals surface area (Å²) in [4.78, 5) is 7.31. The zero-order chi connectivity index (χ0) is 19.7. The molecule has 0 aliphatic carbocycles. The van der Waals surface area contributed by atoms with Crippen molar-refractivity contribution in [2.75, 3.05) is 0 Å². The summed E-state index contributed by atoms with van der Waals surface area (Å²) < 4.78 is 45.8. The average Bonchev–Trinajstić information content (AvgIpc) is 3.14. The lowest BCUT2D eigenvalue weighted by Gasteiger charge is -2.09. The number of thioether (sulfide) groups is 1. The number of halogens is 4. The Morgan fingerprint density at radius 1 is 0.964 bits per heavy atom. The second-order valence-electron chi connectivity index (χ2n) is 5.64. The first-order valence-electron chi connectivity index (χ1n) is 7.96. The van der Waals surface area contributed by atoms with Gasteiger partial charge in [-0.15, -0.1) is 10.2 Å². The van der Waals surface area contributed by atoms with Gasteiger partial charge in [-0.25, -0.2) is 9.97 Å². The molecule has 5 nitrogen and oxygen atoms in total. The molecule has 4 rings (SSSR count). The maximum Gasteiger partial charge on any atom is 0.451 e. The monoisotopic (exact) mass is 466 g/mol. The minimum atomic E-state index is -4.63. The molecule has 0 saturated carbocycles. The van der Waals surface area contributed by atoms with Crippen LogP contribution in [0.3, 0.4) is 0 Å². The topological polar surface area (TPSA) is 64.7 Å². The molecule has 142 valence electrons. The van der Waals surface area contributed by atoms with Gasteiger partial charge in [0.15, 0.2) is 0 Å². The van der Waals surface area contributed by atoms with Crippen molar-refractivity contribution < 1.29 is 17.6 Å². The maximum absolute atomic E-state index is 13.1. The fraction of sp³-hybridized carbons (Fsp3) is 0.111. The van der Waals surface area contributed by atoms with Crippen LogP contribution in [0.2, 0.25) is 0 Å². The largest absolute Gasteiger partial charge is 0.451 e. The Bertz CT molecular complexity index is 1150. The number of aromatic nitrogens is 4. The minimum absolute atomic E-state index is 0.176. The van der Waals surface area contributed by atoms with E-state index in [1.54, 1.807) is 18.2 Å². The summed E-state index contributed by atoms with van der Waals surface area (Å²) in [5, 5.41) is 8.72. The van der Waals surface area contributed by atoms with Gasteiger partial charge in [-0.05, 0) is 34.1 Å². The lowest BCUT2D eigenvalue weighted by molar-refractivity contribution is -0.145. The summed E-state index contributed by atoms with van der Waals surface area (Å²) >= 11 is 4.50. The fourth-order valence-electron chi connectivity index (χ4n) is 2.47. The molecule has 0 bridgehead atoms. The van der Waals surface area contributed by atoms with Gasteiger partial charge in [0, 0.05) is 9.86 Å².